The summed E-state index contributed by atoms with van der Waals surface area (Å²) in [6.45, 7) is 8.57. The first kappa shape index (κ1) is 11.4. The quantitative estimate of drug-likeness (QED) is 0.741. The standard InChI is InChI=1S/C12H25N3/c1-3-6-13-11-4-8-15(9-11)12-5-7-14(2)10-12/h11-13H,3-10H2,1-2H3. The minimum Gasteiger partial charge on any atom is -0.313 e. The number of nitrogens with zero attached hydrogens (tertiary/aromatic N) is 2. The summed E-state index contributed by atoms with van der Waals surface area (Å²) in [5.41, 5.74) is 0. The van der Waals surface area contributed by atoms with Crippen molar-refractivity contribution in [1.82, 2.24) is 15.1 Å². The van der Waals surface area contributed by atoms with Crippen molar-refractivity contribution in [2.45, 2.75) is 38.3 Å². The maximum atomic E-state index is 3.64. The molecule has 2 unspecified atom stereocenters. The molecule has 2 aliphatic heterocycles. The molecular formula is C12H25N3. The van der Waals surface area contributed by atoms with E-state index in [1.165, 1.54) is 52.0 Å². The van der Waals surface area contributed by atoms with Gasteiger partial charge in [0.1, 0.15) is 0 Å². The summed E-state index contributed by atoms with van der Waals surface area (Å²) < 4.78 is 0. The Bertz CT molecular complexity index is 195. The number of hydrogen-bond acceptors (Lipinski definition) is 3. The molecule has 0 saturated carbocycles. The first-order chi connectivity index (χ1) is 7.29. The van der Waals surface area contributed by atoms with Crippen molar-refractivity contribution in [3.05, 3.63) is 0 Å². The van der Waals surface area contributed by atoms with Crippen molar-refractivity contribution >= 4 is 0 Å². The Morgan fingerprint density at radius 3 is 2.73 bits per heavy atom. The van der Waals surface area contributed by atoms with Crippen LogP contribution < -0.4 is 5.32 Å². The number of nitrogens with one attached hydrogen (secondary N) is 1. The second-order valence-corrected chi connectivity index (χ2v) is 5.14. The van der Waals surface area contributed by atoms with E-state index in [1.54, 1.807) is 0 Å². The van der Waals surface area contributed by atoms with Crippen LogP contribution >= 0.6 is 0 Å². The second kappa shape index (κ2) is 5.28. The average Bonchev–Trinajstić information content (AvgIpc) is 2.83. The molecule has 1 N–H and O–H groups in total. The van der Waals surface area contributed by atoms with E-state index in [-0.39, 0.29) is 0 Å². The van der Waals surface area contributed by atoms with Crippen molar-refractivity contribution in [3.8, 4) is 0 Å². The minimum absolute atomic E-state index is 0.760. The smallest absolute Gasteiger partial charge is 0.0235 e. The zero-order chi connectivity index (χ0) is 10.7. The van der Waals surface area contributed by atoms with E-state index >= 15 is 0 Å². The lowest BCUT2D eigenvalue weighted by Gasteiger charge is -2.23. The first-order valence-electron chi connectivity index (χ1n) is 6.45. The Balaban J connectivity index is 1.72. The second-order valence-electron chi connectivity index (χ2n) is 5.14. The Morgan fingerprint density at radius 2 is 2.07 bits per heavy atom. The molecule has 0 amide bonds. The highest BCUT2D eigenvalue weighted by Crippen LogP contribution is 2.19. The molecule has 0 bridgehead atoms. The van der Waals surface area contributed by atoms with Crippen LogP contribution in [0.2, 0.25) is 0 Å². The van der Waals surface area contributed by atoms with Gasteiger partial charge in [-0.25, -0.2) is 0 Å². The lowest BCUT2D eigenvalue weighted by molar-refractivity contribution is 0.237. The predicted molar refractivity (Wildman–Crippen MR) is 64.2 cm³/mol. The van der Waals surface area contributed by atoms with E-state index in [1.807, 2.05) is 0 Å². The predicted octanol–water partition coefficient (Wildman–Crippen LogP) is 0.764. The molecule has 2 aliphatic rings. The maximum absolute atomic E-state index is 3.64. The molecule has 15 heavy (non-hydrogen) atoms. The summed E-state index contributed by atoms with van der Waals surface area (Å²) in [4.78, 5) is 5.15. The number of likely N-dealkylation sites (tertiary alicyclic amines) is 2. The van der Waals surface area contributed by atoms with Gasteiger partial charge in [-0.1, -0.05) is 6.92 Å². The van der Waals surface area contributed by atoms with Crippen LogP contribution in [-0.4, -0.2) is 61.7 Å². The Labute approximate surface area is 93.8 Å². The number of hydrogen-bond donors (Lipinski definition) is 1. The van der Waals surface area contributed by atoms with E-state index in [0.717, 1.165) is 12.1 Å². The van der Waals surface area contributed by atoms with Crippen LogP contribution in [0, 0.1) is 0 Å². The summed E-state index contributed by atoms with van der Waals surface area (Å²) in [6.07, 6.45) is 3.97. The molecule has 3 nitrogen and oxygen atoms in total. The van der Waals surface area contributed by atoms with Gasteiger partial charge in [0.05, 0.1) is 0 Å². The van der Waals surface area contributed by atoms with Crippen LogP contribution in [0.5, 0.6) is 0 Å². The highest BCUT2D eigenvalue weighted by atomic mass is 15.3. The van der Waals surface area contributed by atoms with Gasteiger partial charge in [-0.05, 0) is 39.4 Å². The molecule has 2 rings (SSSR count). The Hall–Kier alpha value is -0.120. The van der Waals surface area contributed by atoms with Crippen molar-refractivity contribution in [2.75, 3.05) is 39.8 Å². The van der Waals surface area contributed by atoms with E-state index in [9.17, 15) is 0 Å². The van der Waals surface area contributed by atoms with E-state index < -0.39 is 0 Å². The zero-order valence-corrected chi connectivity index (χ0v) is 10.2. The molecule has 88 valence electrons. The third kappa shape index (κ3) is 2.92. The molecule has 0 aromatic rings. The van der Waals surface area contributed by atoms with Crippen LogP contribution in [0.4, 0.5) is 0 Å². The molecule has 2 atom stereocenters. The van der Waals surface area contributed by atoms with Crippen molar-refractivity contribution in [3.63, 3.8) is 0 Å². The molecule has 2 heterocycles. The third-order valence-corrected chi connectivity index (χ3v) is 3.79. The normalized spacial score (nSPS) is 34.0. The van der Waals surface area contributed by atoms with E-state index in [4.69, 9.17) is 0 Å². The van der Waals surface area contributed by atoms with Gasteiger partial charge >= 0.3 is 0 Å². The van der Waals surface area contributed by atoms with Crippen molar-refractivity contribution in [1.29, 1.82) is 0 Å². The molecule has 2 saturated heterocycles. The topological polar surface area (TPSA) is 18.5 Å². The maximum Gasteiger partial charge on any atom is 0.0235 e. The van der Waals surface area contributed by atoms with Crippen LogP contribution in [0.15, 0.2) is 0 Å². The lowest BCUT2D eigenvalue weighted by Crippen LogP contribution is -2.38. The zero-order valence-electron chi connectivity index (χ0n) is 10.2. The van der Waals surface area contributed by atoms with Gasteiger partial charge in [0.2, 0.25) is 0 Å². The average molecular weight is 211 g/mol. The monoisotopic (exact) mass is 211 g/mol. The molecular weight excluding hydrogens is 186 g/mol. The van der Waals surface area contributed by atoms with E-state index in [2.05, 4.69) is 29.1 Å². The van der Waals surface area contributed by atoms with Crippen LogP contribution in [0.25, 0.3) is 0 Å². The van der Waals surface area contributed by atoms with E-state index in [0.29, 0.717) is 0 Å². The minimum atomic E-state index is 0.760. The summed E-state index contributed by atoms with van der Waals surface area (Å²) in [5.74, 6) is 0. The summed E-state index contributed by atoms with van der Waals surface area (Å²) in [5, 5.41) is 3.64. The van der Waals surface area contributed by atoms with Gasteiger partial charge < -0.3 is 10.2 Å². The van der Waals surface area contributed by atoms with Crippen molar-refractivity contribution < 1.29 is 0 Å². The molecule has 0 spiro atoms. The van der Waals surface area contributed by atoms with Gasteiger partial charge in [0.15, 0.2) is 0 Å². The molecule has 2 fully saturated rings. The van der Waals surface area contributed by atoms with Gasteiger partial charge in [-0.15, -0.1) is 0 Å². The molecule has 0 aromatic heterocycles. The lowest BCUT2D eigenvalue weighted by atomic mass is 10.2. The first-order valence-corrected chi connectivity index (χ1v) is 6.45. The highest BCUT2D eigenvalue weighted by molar-refractivity contribution is 4.89. The summed E-state index contributed by atoms with van der Waals surface area (Å²) >= 11 is 0. The Morgan fingerprint density at radius 1 is 1.20 bits per heavy atom. The van der Waals surface area contributed by atoms with Crippen molar-refractivity contribution in [2.24, 2.45) is 0 Å². The van der Waals surface area contributed by atoms with Crippen LogP contribution in [-0.2, 0) is 0 Å². The summed E-state index contributed by atoms with van der Waals surface area (Å²) in [6, 6.07) is 1.60. The molecule has 0 radical (unpaired) electrons. The van der Waals surface area contributed by atoms with Crippen LogP contribution in [0.1, 0.15) is 26.2 Å². The fourth-order valence-electron chi connectivity index (χ4n) is 2.84. The number of rotatable bonds is 4. The third-order valence-electron chi connectivity index (χ3n) is 3.79. The molecule has 0 aromatic carbocycles. The fraction of sp³-hybridized carbons (Fsp3) is 1.00. The fourth-order valence-corrected chi connectivity index (χ4v) is 2.84. The number of likely N-dealkylation sites (N-methyl/N-ethyl adjacent to an activating group) is 1. The summed E-state index contributed by atoms with van der Waals surface area (Å²) in [7, 11) is 2.24. The largest absolute Gasteiger partial charge is 0.313 e. The highest BCUT2D eigenvalue weighted by Gasteiger charge is 2.31. The Kier molecular flexibility index (Phi) is 4.00. The molecule has 0 aliphatic carbocycles. The van der Waals surface area contributed by atoms with Gasteiger partial charge in [0, 0.05) is 31.7 Å². The van der Waals surface area contributed by atoms with Gasteiger partial charge in [-0.2, -0.15) is 0 Å². The van der Waals surface area contributed by atoms with Gasteiger partial charge in [0.25, 0.3) is 0 Å². The van der Waals surface area contributed by atoms with Crippen LogP contribution in [0.3, 0.4) is 0 Å². The molecule has 3 heteroatoms. The SMILES string of the molecule is CCCNC1CCN(C2CCN(C)C2)C1. The van der Waals surface area contributed by atoms with Gasteiger partial charge in [-0.3, -0.25) is 4.90 Å².